The molecule has 0 aliphatic rings. The molecule has 0 unspecified atom stereocenters. The van der Waals surface area contributed by atoms with Crippen molar-refractivity contribution in [2.45, 2.75) is 32.7 Å². The Kier molecular flexibility index (Phi) is 4.34. The highest BCUT2D eigenvalue weighted by atomic mass is 16.5. The molecule has 1 aromatic heterocycles. The van der Waals surface area contributed by atoms with E-state index in [9.17, 15) is 4.79 Å². The highest BCUT2D eigenvalue weighted by molar-refractivity contribution is 5.69. The van der Waals surface area contributed by atoms with Crippen LogP contribution >= 0.6 is 0 Å². The van der Waals surface area contributed by atoms with Crippen LogP contribution in [0.4, 0.5) is 0 Å². The Labute approximate surface area is 90.5 Å². The van der Waals surface area contributed by atoms with Crippen molar-refractivity contribution >= 4 is 5.97 Å². The third-order valence-electron chi connectivity index (χ3n) is 2.32. The summed E-state index contributed by atoms with van der Waals surface area (Å²) < 4.78 is 8.82. The summed E-state index contributed by atoms with van der Waals surface area (Å²) in [5, 5.41) is 0. The van der Waals surface area contributed by atoms with Gasteiger partial charge in [0, 0.05) is 6.42 Å². The maximum absolute atomic E-state index is 11.0. The van der Waals surface area contributed by atoms with Gasteiger partial charge in [0.05, 0.1) is 27.1 Å². The van der Waals surface area contributed by atoms with Crippen LogP contribution in [0.1, 0.15) is 25.5 Å². The molecule has 0 saturated carbocycles. The lowest BCUT2D eigenvalue weighted by molar-refractivity contribution is -0.671. The minimum atomic E-state index is -0.151. The van der Waals surface area contributed by atoms with E-state index < -0.39 is 0 Å². The van der Waals surface area contributed by atoms with Gasteiger partial charge in [-0.05, 0) is 6.42 Å². The first-order valence-corrected chi connectivity index (χ1v) is 5.28. The quantitative estimate of drug-likeness (QED) is 0.534. The molecule has 0 amide bonds. The van der Waals surface area contributed by atoms with Crippen molar-refractivity contribution in [1.82, 2.24) is 4.57 Å². The summed E-state index contributed by atoms with van der Waals surface area (Å²) in [6.07, 6.45) is 6.40. The summed E-state index contributed by atoms with van der Waals surface area (Å²) in [5.74, 6) is -0.151. The Morgan fingerprint density at radius 1 is 1.60 bits per heavy atom. The molecule has 4 nitrogen and oxygen atoms in total. The molecule has 1 heterocycles. The molecule has 15 heavy (non-hydrogen) atoms. The Bertz CT molecular complexity index is 331. The van der Waals surface area contributed by atoms with Crippen LogP contribution in [0.25, 0.3) is 0 Å². The molecule has 0 N–H and O–H groups in total. The number of methoxy groups -OCH3 is 1. The lowest BCUT2D eigenvalue weighted by atomic mass is 10.2. The average molecular weight is 211 g/mol. The summed E-state index contributed by atoms with van der Waals surface area (Å²) in [4.78, 5) is 11.0. The zero-order valence-electron chi connectivity index (χ0n) is 9.69. The average Bonchev–Trinajstić information content (AvgIpc) is 2.56. The summed E-state index contributed by atoms with van der Waals surface area (Å²) >= 11 is 0. The number of carbonyl (C=O) groups is 1. The fraction of sp³-hybridized carbons (Fsp3) is 0.636. The molecule has 0 aliphatic heterocycles. The van der Waals surface area contributed by atoms with Gasteiger partial charge in [0.15, 0.2) is 0 Å². The van der Waals surface area contributed by atoms with Crippen LogP contribution in [0.2, 0.25) is 0 Å². The number of esters is 1. The Hall–Kier alpha value is -1.32. The molecule has 1 aromatic rings. The maximum Gasteiger partial charge on any atom is 0.305 e. The SMILES string of the molecule is CCCn1c[n+](C)cc1CCC(=O)OC. The Morgan fingerprint density at radius 3 is 2.93 bits per heavy atom. The first kappa shape index (κ1) is 11.8. The van der Waals surface area contributed by atoms with Crippen molar-refractivity contribution in [3.05, 3.63) is 18.2 Å². The van der Waals surface area contributed by atoms with Gasteiger partial charge in [-0.3, -0.25) is 4.79 Å². The number of nitrogens with zero attached hydrogens (tertiary/aromatic N) is 2. The van der Waals surface area contributed by atoms with E-state index in [1.54, 1.807) is 0 Å². The smallest absolute Gasteiger partial charge is 0.305 e. The van der Waals surface area contributed by atoms with Gasteiger partial charge in [-0.15, -0.1) is 0 Å². The predicted molar refractivity (Wildman–Crippen MR) is 56.2 cm³/mol. The fourth-order valence-corrected chi connectivity index (χ4v) is 1.62. The lowest BCUT2D eigenvalue weighted by Crippen LogP contribution is -2.23. The van der Waals surface area contributed by atoms with Crippen LogP contribution < -0.4 is 4.57 Å². The maximum atomic E-state index is 11.0. The van der Waals surface area contributed by atoms with Crippen molar-refractivity contribution in [3.8, 4) is 0 Å². The van der Waals surface area contributed by atoms with Crippen molar-refractivity contribution in [2.24, 2.45) is 7.05 Å². The number of hydrogen-bond donors (Lipinski definition) is 0. The largest absolute Gasteiger partial charge is 0.469 e. The standard InChI is InChI=1S/C11H19N2O2/c1-4-7-13-9-12(2)8-10(13)5-6-11(14)15-3/h8-9H,4-7H2,1-3H3/q+1. The van der Waals surface area contributed by atoms with Crippen LogP contribution in [0.5, 0.6) is 0 Å². The predicted octanol–water partition coefficient (Wildman–Crippen LogP) is 0.828. The van der Waals surface area contributed by atoms with Crippen LogP contribution in [0.15, 0.2) is 12.5 Å². The van der Waals surface area contributed by atoms with E-state index >= 15 is 0 Å². The van der Waals surface area contributed by atoms with E-state index in [-0.39, 0.29) is 5.97 Å². The molecular formula is C11H19N2O2+. The van der Waals surface area contributed by atoms with Gasteiger partial charge in [0.2, 0.25) is 6.33 Å². The minimum absolute atomic E-state index is 0.151. The van der Waals surface area contributed by atoms with Crippen molar-refractivity contribution in [1.29, 1.82) is 0 Å². The summed E-state index contributed by atoms with van der Waals surface area (Å²) in [5.41, 5.74) is 1.18. The molecule has 0 atom stereocenters. The minimum Gasteiger partial charge on any atom is -0.469 e. The van der Waals surface area contributed by atoms with E-state index in [4.69, 9.17) is 0 Å². The van der Waals surface area contributed by atoms with Crippen molar-refractivity contribution in [2.75, 3.05) is 7.11 Å². The van der Waals surface area contributed by atoms with Gasteiger partial charge in [-0.2, -0.15) is 0 Å². The zero-order chi connectivity index (χ0) is 11.3. The summed E-state index contributed by atoms with van der Waals surface area (Å²) in [6, 6.07) is 0. The second-order valence-electron chi connectivity index (χ2n) is 3.67. The third-order valence-corrected chi connectivity index (χ3v) is 2.32. The number of hydrogen-bond acceptors (Lipinski definition) is 2. The highest BCUT2D eigenvalue weighted by Crippen LogP contribution is 2.03. The fourth-order valence-electron chi connectivity index (χ4n) is 1.62. The van der Waals surface area contributed by atoms with Crippen LogP contribution in [0.3, 0.4) is 0 Å². The van der Waals surface area contributed by atoms with Crippen molar-refractivity contribution < 1.29 is 14.1 Å². The second-order valence-corrected chi connectivity index (χ2v) is 3.67. The van der Waals surface area contributed by atoms with Crippen LogP contribution in [0, 0.1) is 0 Å². The van der Waals surface area contributed by atoms with E-state index in [1.807, 2.05) is 11.6 Å². The molecule has 1 rings (SSSR count). The van der Waals surface area contributed by atoms with E-state index in [2.05, 4.69) is 28.8 Å². The molecule has 0 aliphatic carbocycles. The normalized spacial score (nSPS) is 10.3. The molecule has 84 valence electrons. The lowest BCUT2D eigenvalue weighted by Gasteiger charge is -1.99. The van der Waals surface area contributed by atoms with E-state index in [0.29, 0.717) is 6.42 Å². The first-order valence-electron chi connectivity index (χ1n) is 5.28. The van der Waals surface area contributed by atoms with Gasteiger partial charge >= 0.3 is 5.97 Å². The second kappa shape index (κ2) is 5.53. The molecule has 0 bridgehead atoms. The molecule has 0 aromatic carbocycles. The molecule has 0 saturated heterocycles. The Balaban J connectivity index is 2.62. The van der Waals surface area contributed by atoms with Gasteiger partial charge in [0.25, 0.3) is 0 Å². The number of ether oxygens (including phenoxy) is 1. The number of carbonyl (C=O) groups excluding carboxylic acids is 1. The summed E-state index contributed by atoms with van der Waals surface area (Å²) in [6.45, 7) is 3.14. The first-order chi connectivity index (χ1) is 7.17. The van der Waals surface area contributed by atoms with Crippen molar-refractivity contribution in [3.63, 3.8) is 0 Å². The van der Waals surface area contributed by atoms with Crippen LogP contribution in [-0.2, 0) is 29.5 Å². The van der Waals surface area contributed by atoms with Gasteiger partial charge in [0.1, 0.15) is 11.9 Å². The molecule has 4 heteroatoms. The molecule has 0 radical (unpaired) electrons. The summed E-state index contributed by atoms with van der Waals surface area (Å²) in [7, 11) is 3.42. The Morgan fingerprint density at radius 2 is 2.33 bits per heavy atom. The third kappa shape index (κ3) is 3.38. The number of aryl methyl sites for hydroxylation is 3. The van der Waals surface area contributed by atoms with Gasteiger partial charge < -0.3 is 4.74 Å². The van der Waals surface area contributed by atoms with Gasteiger partial charge in [-0.1, -0.05) is 6.92 Å². The number of imidazole rings is 1. The number of rotatable bonds is 5. The van der Waals surface area contributed by atoms with E-state index in [1.165, 1.54) is 12.8 Å². The molecule has 0 fully saturated rings. The number of aromatic nitrogens is 2. The molecular weight excluding hydrogens is 192 g/mol. The zero-order valence-corrected chi connectivity index (χ0v) is 9.69. The molecule has 0 spiro atoms. The van der Waals surface area contributed by atoms with Crippen LogP contribution in [-0.4, -0.2) is 17.6 Å². The van der Waals surface area contributed by atoms with Gasteiger partial charge in [-0.25, -0.2) is 9.13 Å². The highest BCUT2D eigenvalue weighted by Gasteiger charge is 2.12. The monoisotopic (exact) mass is 211 g/mol. The van der Waals surface area contributed by atoms with E-state index in [0.717, 1.165) is 19.4 Å². The topological polar surface area (TPSA) is 35.1 Å².